The third-order valence-corrected chi connectivity index (χ3v) is 3.86. The van der Waals surface area contributed by atoms with Gasteiger partial charge in [0.2, 0.25) is 5.78 Å². The monoisotopic (exact) mass is 335 g/mol. The molecule has 0 N–H and O–H groups in total. The van der Waals surface area contributed by atoms with E-state index in [0.29, 0.717) is 10.5 Å². The molecule has 1 aromatic rings. The van der Waals surface area contributed by atoms with Gasteiger partial charge in [0, 0.05) is 31.8 Å². The number of allylic oxidation sites excluding steroid dienone is 2. The van der Waals surface area contributed by atoms with Crippen LogP contribution in [0.15, 0.2) is 35.2 Å². The third-order valence-electron chi connectivity index (χ3n) is 3.07. The zero-order valence-electron chi connectivity index (χ0n) is 13.8. The number of hydrogen-bond donors (Lipinski definition) is 0. The minimum atomic E-state index is -0.869. The number of ketones is 2. The fourth-order valence-corrected chi connectivity index (χ4v) is 2.36. The normalized spacial score (nSPS) is 11.0. The Balaban J connectivity index is 2.83. The molecule has 0 amide bonds. The fourth-order valence-electron chi connectivity index (χ4n) is 1.80. The summed E-state index contributed by atoms with van der Waals surface area (Å²) in [4.78, 5) is 37.7. The van der Waals surface area contributed by atoms with E-state index < -0.39 is 11.8 Å². The number of thioether (sulfide) groups is 1. The van der Waals surface area contributed by atoms with Gasteiger partial charge in [-0.2, -0.15) is 0 Å². The molecule has 0 atom stereocenters. The number of carbonyl (C=O) groups excluding carboxylic acids is 3. The lowest BCUT2D eigenvalue weighted by molar-refractivity contribution is -0.153. The van der Waals surface area contributed by atoms with Crippen molar-refractivity contribution < 1.29 is 19.1 Å². The van der Waals surface area contributed by atoms with Crippen LogP contribution in [0.5, 0.6) is 0 Å². The first kappa shape index (κ1) is 19.0. The van der Waals surface area contributed by atoms with E-state index in [2.05, 4.69) is 4.74 Å². The number of nitrogens with zero attached hydrogens (tertiary/aromatic N) is 1. The molecule has 6 heteroatoms. The largest absolute Gasteiger partial charge is 0.460 e. The molecule has 23 heavy (non-hydrogen) atoms. The second-order valence-corrected chi connectivity index (χ2v) is 5.74. The quantitative estimate of drug-likeness (QED) is 0.315. The van der Waals surface area contributed by atoms with Crippen LogP contribution in [0.3, 0.4) is 0 Å². The highest BCUT2D eigenvalue weighted by Gasteiger charge is 2.16. The van der Waals surface area contributed by atoms with Crippen molar-refractivity contribution in [3.05, 3.63) is 40.8 Å². The Morgan fingerprint density at radius 1 is 1.17 bits per heavy atom. The maximum absolute atomic E-state index is 12.4. The molecule has 0 aliphatic carbocycles. The summed E-state index contributed by atoms with van der Waals surface area (Å²) >= 11 is 1.25. The summed E-state index contributed by atoms with van der Waals surface area (Å²) in [6.07, 6.45) is 3.09. The highest BCUT2D eigenvalue weighted by Crippen LogP contribution is 2.21. The molecular formula is C17H21NO4S. The number of ether oxygens (including phenoxy) is 1. The van der Waals surface area contributed by atoms with Crippen molar-refractivity contribution in [2.75, 3.05) is 31.9 Å². The zero-order valence-corrected chi connectivity index (χ0v) is 14.6. The van der Waals surface area contributed by atoms with Gasteiger partial charge in [0.15, 0.2) is 5.78 Å². The molecule has 0 aliphatic rings. The summed E-state index contributed by atoms with van der Waals surface area (Å²) in [7, 11) is 3.84. The van der Waals surface area contributed by atoms with Crippen LogP contribution >= 0.6 is 11.8 Å². The first-order valence-electron chi connectivity index (χ1n) is 7.16. The zero-order chi connectivity index (χ0) is 17.4. The molecule has 0 saturated heterocycles. The van der Waals surface area contributed by atoms with Crippen LogP contribution in [0.2, 0.25) is 0 Å². The van der Waals surface area contributed by atoms with Crippen molar-refractivity contribution in [1.29, 1.82) is 0 Å². The molecule has 0 aliphatic heterocycles. The van der Waals surface area contributed by atoms with E-state index in [4.69, 9.17) is 0 Å². The second kappa shape index (κ2) is 9.15. The van der Waals surface area contributed by atoms with Crippen molar-refractivity contribution in [3.63, 3.8) is 0 Å². The summed E-state index contributed by atoms with van der Waals surface area (Å²) in [5.41, 5.74) is 1.54. The van der Waals surface area contributed by atoms with Gasteiger partial charge in [0.05, 0.1) is 11.5 Å². The Labute approximate surface area is 140 Å². The van der Waals surface area contributed by atoms with Gasteiger partial charge in [-0.25, -0.2) is 4.79 Å². The van der Waals surface area contributed by atoms with Crippen LogP contribution in [0.4, 0.5) is 5.69 Å². The average Bonchev–Trinajstić information content (AvgIpc) is 2.55. The maximum Gasteiger partial charge on any atom is 0.374 e. The summed E-state index contributed by atoms with van der Waals surface area (Å²) in [6.45, 7) is 1.79. The van der Waals surface area contributed by atoms with Crippen molar-refractivity contribution in [2.24, 2.45) is 0 Å². The minimum absolute atomic E-state index is 0.142. The van der Waals surface area contributed by atoms with Crippen molar-refractivity contribution >= 4 is 35.0 Å². The van der Waals surface area contributed by atoms with Gasteiger partial charge < -0.3 is 9.64 Å². The van der Waals surface area contributed by atoms with E-state index in [9.17, 15) is 14.4 Å². The Morgan fingerprint density at radius 2 is 1.78 bits per heavy atom. The number of Topliss-reactive ketones (excluding diaryl/α,β-unsaturated/α-hetero) is 2. The summed E-state index contributed by atoms with van der Waals surface area (Å²) < 4.78 is 4.64. The highest BCUT2D eigenvalue weighted by atomic mass is 32.2. The third kappa shape index (κ3) is 5.56. The molecule has 0 spiro atoms. The summed E-state index contributed by atoms with van der Waals surface area (Å²) in [5, 5.41) is 0. The molecule has 124 valence electrons. The number of anilines is 1. The maximum atomic E-state index is 12.4. The fraction of sp³-hybridized carbons (Fsp3) is 0.353. The Morgan fingerprint density at radius 3 is 2.26 bits per heavy atom. The predicted molar refractivity (Wildman–Crippen MR) is 93.0 cm³/mol. The first-order valence-corrected chi connectivity index (χ1v) is 8.39. The molecule has 1 aromatic carbocycles. The number of hydrogen-bond acceptors (Lipinski definition) is 6. The van der Waals surface area contributed by atoms with E-state index in [1.807, 2.05) is 31.1 Å². The number of benzene rings is 1. The van der Waals surface area contributed by atoms with Gasteiger partial charge in [-0.15, -0.1) is 11.8 Å². The lowest BCUT2D eigenvalue weighted by Crippen LogP contribution is -2.16. The van der Waals surface area contributed by atoms with Crippen LogP contribution in [-0.4, -0.2) is 44.5 Å². The van der Waals surface area contributed by atoms with E-state index in [0.717, 1.165) is 5.69 Å². The molecule has 0 bridgehead atoms. The molecule has 0 fully saturated rings. The molecule has 1 rings (SSSR count). The highest BCUT2D eigenvalue weighted by molar-refractivity contribution is 8.03. The SMILES string of the molecule is CCOC(=O)C(=O)CC=C(SC)C(=O)c1ccc(N(C)C)cc1. The topological polar surface area (TPSA) is 63.7 Å². The van der Waals surface area contributed by atoms with Gasteiger partial charge in [-0.3, -0.25) is 9.59 Å². The Kier molecular flexibility index (Phi) is 7.54. The van der Waals surface area contributed by atoms with Crippen LogP contribution in [0.25, 0.3) is 0 Å². The van der Waals surface area contributed by atoms with Gasteiger partial charge in [0.25, 0.3) is 0 Å². The van der Waals surface area contributed by atoms with E-state index >= 15 is 0 Å². The molecule has 0 heterocycles. The molecule has 0 aromatic heterocycles. The van der Waals surface area contributed by atoms with Gasteiger partial charge in [-0.1, -0.05) is 6.08 Å². The second-order valence-electron chi connectivity index (χ2n) is 4.89. The molecule has 5 nitrogen and oxygen atoms in total. The van der Waals surface area contributed by atoms with Crippen LogP contribution < -0.4 is 4.90 Å². The Hall–Kier alpha value is -2.08. The molecular weight excluding hydrogens is 314 g/mol. The van der Waals surface area contributed by atoms with Crippen LogP contribution in [0.1, 0.15) is 23.7 Å². The minimum Gasteiger partial charge on any atom is -0.460 e. The molecule has 0 radical (unpaired) electrons. The predicted octanol–water partition coefficient (Wildman–Crippen LogP) is 2.70. The van der Waals surface area contributed by atoms with E-state index in [-0.39, 0.29) is 18.8 Å². The standard InChI is InChI=1S/C17H21NO4S/c1-5-22-17(21)14(19)10-11-15(23-4)16(20)12-6-8-13(9-7-12)18(2)3/h6-9,11H,5,10H2,1-4H3. The van der Waals surface area contributed by atoms with Crippen molar-refractivity contribution in [3.8, 4) is 0 Å². The Bertz CT molecular complexity index is 606. The van der Waals surface area contributed by atoms with Crippen LogP contribution in [-0.2, 0) is 14.3 Å². The molecule has 0 unspecified atom stereocenters. The van der Waals surface area contributed by atoms with Gasteiger partial charge in [-0.05, 0) is 37.4 Å². The summed E-state index contributed by atoms with van der Waals surface area (Å²) in [6, 6.07) is 7.20. The number of carbonyl (C=O) groups is 3. The van der Waals surface area contributed by atoms with E-state index in [1.165, 1.54) is 17.8 Å². The van der Waals surface area contributed by atoms with Gasteiger partial charge >= 0.3 is 5.97 Å². The van der Waals surface area contributed by atoms with E-state index in [1.54, 1.807) is 25.3 Å². The lowest BCUT2D eigenvalue weighted by atomic mass is 10.1. The molecule has 0 saturated carbocycles. The average molecular weight is 335 g/mol. The first-order chi connectivity index (χ1) is 10.9. The summed E-state index contributed by atoms with van der Waals surface area (Å²) in [5.74, 6) is -1.69. The van der Waals surface area contributed by atoms with Crippen molar-refractivity contribution in [2.45, 2.75) is 13.3 Å². The smallest absolute Gasteiger partial charge is 0.374 e. The number of esters is 1. The van der Waals surface area contributed by atoms with Gasteiger partial charge in [0.1, 0.15) is 0 Å². The number of rotatable bonds is 8. The lowest BCUT2D eigenvalue weighted by Gasteiger charge is -2.12. The van der Waals surface area contributed by atoms with Crippen molar-refractivity contribution in [1.82, 2.24) is 0 Å². The van der Waals surface area contributed by atoms with Crippen LogP contribution in [0, 0.1) is 0 Å².